The third kappa shape index (κ3) is 5.07. The minimum absolute atomic E-state index is 0.0140. The van der Waals surface area contributed by atoms with Crippen LogP contribution in [0.15, 0.2) is 18.2 Å². The number of nitrogens with zero attached hydrogens (tertiary/aromatic N) is 1. The molecule has 8 heteroatoms. The average molecular weight is 314 g/mol. The summed E-state index contributed by atoms with van der Waals surface area (Å²) in [6, 6.07) is 4.09. The van der Waals surface area contributed by atoms with Crippen LogP contribution in [0.2, 0.25) is 0 Å². The minimum Gasteiger partial charge on any atom is -0.478 e. The molecule has 2 amide bonds. The van der Waals surface area contributed by atoms with Crippen molar-refractivity contribution in [2.45, 2.75) is 6.92 Å². The summed E-state index contributed by atoms with van der Waals surface area (Å²) in [6.07, 6.45) is 1.09. The van der Waals surface area contributed by atoms with Crippen LogP contribution in [0.25, 0.3) is 0 Å². The standard InChI is InChI=1S/C13H18N2O5S/c1-9-5-4-6-10(12(16)17)11(9)14-13(18)15(2)7-8-21(3,19)20/h4-6H,7-8H2,1-3H3,(H,14,18)(H,16,17). The highest BCUT2D eigenvalue weighted by atomic mass is 32.2. The molecule has 0 atom stereocenters. The lowest BCUT2D eigenvalue weighted by atomic mass is 10.1. The maximum Gasteiger partial charge on any atom is 0.337 e. The summed E-state index contributed by atoms with van der Waals surface area (Å²) in [5.41, 5.74) is 0.806. The van der Waals surface area contributed by atoms with Crippen molar-refractivity contribution in [1.82, 2.24) is 4.90 Å². The zero-order valence-corrected chi connectivity index (χ0v) is 12.9. The Morgan fingerprint density at radius 1 is 1.33 bits per heavy atom. The molecule has 0 saturated carbocycles. The molecule has 0 saturated heterocycles. The predicted molar refractivity (Wildman–Crippen MR) is 79.5 cm³/mol. The van der Waals surface area contributed by atoms with Crippen molar-refractivity contribution >= 4 is 27.5 Å². The number of nitrogens with one attached hydrogen (secondary N) is 1. The molecule has 0 fully saturated rings. The van der Waals surface area contributed by atoms with Crippen LogP contribution in [-0.4, -0.2) is 56.0 Å². The van der Waals surface area contributed by atoms with Gasteiger partial charge in [0.05, 0.1) is 17.0 Å². The summed E-state index contributed by atoms with van der Waals surface area (Å²) in [5, 5.41) is 11.6. The maximum absolute atomic E-state index is 12.0. The molecular formula is C13H18N2O5S. The van der Waals surface area contributed by atoms with E-state index in [9.17, 15) is 18.0 Å². The molecule has 0 aliphatic rings. The summed E-state index contributed by atoms with van der Waals surface area (Å²) in [5.74, 6) is -1.30. The van der Waals surface area contributed by atoms with Crippen LogP contribution >= 0.6 is 0 Å². The fourth-order valence-corrected chi connectivity index (χ4v) is 2.22. The third-order valence-corrected chi connectivity index (χ3v) is 3.80. The van der Waals surface area contributed by atoms with Gasteiger partial charge in [-0.05, 0) is 18.6 Å². The summed E-state index contributed by atoms with van der Waals surface area (Å²) in [7, 11) is -1.73. The van der Waals surface area contributed by atoms with Crippen LogP contribution < -0.4 is 5.32 Å². The van der Waals surface area contributed by atoms with Crippen molar-refractivity contribution in [1.29, 1.82) is 0 Å². The second-order valence-corrected chi connectivity index (χ2v) is 7.04. The van der Waals surface area contributed by atoms with Crippen molar-refractivity contribution in [3.05, 3.63) is 29.3 Å². The van der Waals surface area contributed by atoms with E-state index < -0.39 is 21.8 Å². The number of carboxylic acid groups (broad SMARTS) is 1. The van der Waals surface area contributed by atoms with Crippen molar-refractivity contribution in [2.75, 3.05) is 30.9 Å². The van der Waals surface area contributed by atoms with E-state index in [0.29, 0.717) is 5.56 Å². The van der Waals surface area contributed by atoms with Crippen LogP contribution in [0.4, 0.5) is 10.5 Å². The van der Waals surface area contributed by atoms with Gasteiger partial charge in [0.1, 0.15) is 9.84 Å². The van der Waals surface area contributed by atoms with Crippen LogP contribution in [0.1, 0.15) is 15.9 Å². The molecule has 1 aromatic rings. The quantitative estimate of drug-likeness (QED) is 0.850. The van der Waals surface area contributed by atoms with E-state index in [4.69, 9.17) is 5.11 Å². The number of aromatic carboxylic acids is 1. The maximum atomic E-state index is 12.0. The first kappa shape index (κ1) is 17.0. The fraction of sp³-hybridized carbons (Fsp3) is 0.385. The van der Waals surface area contributed by atoms with Gasteiger partial charge in [0.25, 0.3) is 0 Å². The summed E-state index contributed by atoms with van der Waals surface area (Å²) >= 11 is 0. The van der Waals surface area contributed by atoms with Gasteiger partial charge in [-0.1, -0.05) is 12.1 Å². The van der Waals surface area contributed by atoms with Crippen molar-refractivity contribution in [3.8, 4) is 0 Å². The zero-order valence-electron chi connectivity index (χ0n) is 12.1. The third-order valence-electron chi connectivity index (χ3n) is 2.88. The number of benzene rings is 1. The largest absolute Gasteiger partial charge is 0.478 e. The topological polar surface area (TPSA) is 104 Å². The van der Waals surface area contributed by atoms with Gasteiger partial charge >= 0.3 is 12.0 Å². The summed E-state index contributed by atoms with van der Waals surface area (Å²) in [6.45, 7) is 1.71. The summed E-state index contributed by atoms with van der Waals surface area (Å²) < 4.78 is 22.2. The highest BCUT2D eigenvalue weighted by molar-refractivity contribution is 7.90. The van der Waals surface area contributed by atoms with E-state index in [1.54, 1.807) is 19.1 Å². The van der Waals surface area contributed by atoms with Gasteiger partial charge in [-0.25, -0.2) is 18.0 Å². The van der Waals surface area contributed by atoms with Crippen molar-refractivity contribution in [3.63, 3.8) is 0 Å². The number of carbonyl (C=O) groups is 2. The highest BCUT2D eigenvalue weighted by Gasteiger charge is 2.17. The lowest BCUT2D eigenvalue weighted by Crippen LogP contribution is -2.35. The number of anilines is 1. The Morgan fingerprint density at radius 3 is 2.48 bits per heavy atom. The number of rotatable bonds is 5. The highest BCUT2D eigenvalue weighted by Crippen LogP contribution is 2.20. The summed E-state index contributed by atoms with van der Waals surface area (Å²) in [4.78, 5) is 24.3. The molecule has 0 spiro atoms. The van der Waals surface area contributed by atoms with Gasteiger partial charge in [0.2, 0.25) is 0 Å². The van der Waals surface area contributed by atoms with Gasteiger partial charge in [-0.15, -0.1) is 0 Å². The van der Waals surface area contributed by atoms with E-state index in [-0.39, 0.29) is 23.5 Å². The number of carboxylic acids is 1. The predicted octanol–water partition coefficient (Wildman–Crippen LogP) is 1.20. The van der Waals surface area contributed by atoms with E-state index in [2.05, 4.69) is 5.32 Å². The Morgan fingerprint density at radius 2 is 1.95 bits per heavy atom. The molecule has 21 heavy (non-hydrogen) atoms. The SMILES string of the molecule is Cc1cccc(C(=O)O)c1NC(=O)N(C)CCS(C)(=O)=O. The van der Waals surface area contributed by atoms with Crippen molar-refractivity contribution in [2.24, 2.45) is 0 Å². The van der Waals surface area contributed by atoms with Gasteiger partial charge < -0.3 is 15.3 Å². The first-order valence-corrected chi connectivity index (χ1v) is 8.20. The Balaban J connectivity index is 2.86. The zero-order chi connectivity index (χ0) is 16.2. The second kappa shape index (κ2) is 6.57. The Bertz CT molecular complexity index is 655. The number of hydrogen-bond donors (Lipinski definition) is 2. The number of carbonyl (C=O) groups excluding carboxylic acids is 1. The first-order chi connectivity index (χ1) is 9.61. The molecule has 1 rings (SSSR count). The Kier molecular flexibility index (Phi) is 5.31. The second-order valence-electron chi connectivity index (χ2n) is 4.78. The number of aryl methyl sites for hydroxylation is 1. The molecule has 0 radical (unpaired) electrons. The molecule has 2 N–H and O–H groups in total. The molecule has 0 unspecified atom stereocenters. The normalized spacial score (nSPS) is 11.0. The van der Waals surface area contributed by atoms with E-state index in [1.807, 2.05) is 0 Å². The van der Waals surface area contributed by atoms with E-state index in [1.165, 1.54) is 18.0 Å². The molecule has 0 heterocycles. The molecule has 0 aliphatic heterocycles. The van der Waals surface area contributed by atoms with Gasteiger partial charge in [0.15, 0.2) is 0 Å². The lowest BCUT2D eigenvalue weighted by Gasteiger charge is -2.19. The van der Waals surface area contributed by atoms with Gasteiger partial charge in [-0.2, -0.15) is 0 Å². The molecular weight excluding hydrogens is 296 g/mol. The molecule has 7 nitrogen and oxygen atoms in total. The monoisotopic (exact) mass is 314 g/mol. The molecule has 116 valence electrons. The minimum atomic E-state index is -3.17. The van der Waals surface area contributed by atoms with Gasteiger partial charge in [-0.3, -0.25) is 0 Å². The van der Waals surface area contributed by atoms with E-state index in [0.717, 1.165) is 6.26 Å². The Hall–Kier alpha value is -2.09. The number of hydrogen-bond acceptors (Lipinski definition) is 4. The molecule has 0 aliphatic carbocycles. The Labute approximate surface area is 123 Å². The van der Waals surface area contributed by atoms with Crippen LogP contribution in [0.3, 0.4) is 0 Å². The molecule has 0 bridgehead atoms. The van der Waals surface area contributed by atoms with Gasteiger partial charge in [0, 0.05) is 19.8 Å². The first-order valence-electron chi connectivity index (χ1n) is 6.14. The number of amides is 2. The van der Waals surface area contributed by atoms with Crippen LogP contribution in [0.5, 0.6) is 0 Å². The number of sulfone groups is 1. The molecule has 1 aromatic carbocycles. The van der Waals surface area contributed by atoms with E-state index >= 15 is 0 Å². The van der Waals surface area contributed by atoms with Crippen molar-refractivity contribution < 1.29 is 23.1 Å². The fourth-order valence-electron chi connectivity index (χ4n) is 1.62. The smallest absolute Gasteiger partial charge is 0.337 e. The average Bonchev–Trinajstić information content (AvgIpc) is 2.36. The number of para-hydroxylation sites is 1. The van der Waals surface area contributed by atoms with Crippen LogP contribution in [0, 0.1) is 6.92 Å². The number of urea groups is 1. The molecule has 0 aromatic heterocycles. The van der Waals surface area contributed by atoms with Crippen LogP contribution in [-0.2, 0) is 9.84 Å². The lowest BCUT2D eigenvalue weighted by molar-refractivity contribution is 0.0698.